The third kappa shape index (κ3) is 5.33. The highest BCUT2D eigenvalue weighted by molar-refractivity contribution is 6.19. The first-order chi connectivity index (χ1) is 28.8. The Bertz CT molecular complexity index is 3450. The maximum Gasteiger partial charge on any atom is 0.419 e. The van der Waals surface area contributed by atoms with Crippen molar-refractivity contribution in [3.05, 3.63) is 182 Å². The van der Waals surface area contributed by atoms with Crippen molar-refractivity contribution < 1.29 is 13.9 Å². The van der Waals surface area contributed by atoms with Crippen LogP contribution >= 0.6 is 0 Å². The lowest BCUT2D eigenvalue weighted by atomic mass is 9.93. The highest BCUT2D eigenvalue weighted by atomic mass is 19.1. The maximum atomic E-state index is 15.5. The van der Waals surface area contributed by atoms with E-state index in [0.717, 1.165) is 82.7 Å². The molecule has 0 saturated carbocycles. The van der Waals surface area contributed by atoms with Crippen molar-refractivity contribution in [1.29, 1.82) is 0 Å². The average molecular weight is 768 g/mol. The SMILES string of the molecule is CC(C)(C)OC(=O)n1c2ccc(-n3c4ccccc4c4ccccc43)cc2c2cccc(-n3c4ccccc4c4cccc(-c5ccccc5-c5ccccc5F)c43)c21. The van der Waals surface area contributed by atoms with E-state index in [2.05, 4.69) is 130 Å². The molecule has 0 radical (unpaired) electrons. The number of ether oxygens (including phenoxy) is 1. The second kappa shape index (κ2) is 13.0. The molecule has 0 bridgehead atoms. The fourth-order valence-corrected chi connectivity index (χ4v) is 9.17. The molecule has 0 fully saturated rings. The normalized spacial score (nSPS) is 12.1. The minimum atomic E-state index is -0.742. The minimum Gasteiger partial charge on any atom is -0.443 e. The smallest absolute Gasteiger partial charge is 0.419 e. The van der Waals surface area contributed by atoms with Crippen LogP contribution in [0.1, 0.15) is 20.8 Å². The third-order valence-electron chi connectivity index (χ3n) is 11.5. The first-order valence-corrected chi connectivity index (χ1v) is 19.9. The summed E-state index contributed by atoms with van der Waals surface area (Å²) in [5.41, 5.74) is 9.90. The maximum absolute atomic E-state index is 15.5. The monoisotopic (exact) mass is 767 g/mol. The van der Waals surface area contributed by atoms with E-state index >= 15 is 4.39 Å². The van der Waals surface area contributed by atoms with Crippen LogP contribution in [0.5, 0.6) is 0 Å². The summed E-state index contributed by atoms with van der Waals surface area (Å²) in [6.07, 6.45) is -0.458. The molecule has 0 unspecified atom stereocenters. The van der Waals surface area contributed by atoms with Gasteiger partial charge in [-0.25, -0.2) is 13.8 Å². The number of hydrogen-bond donors (Lipinski definition) is 0. The van der Waals surface area contributed by atoms with E-state index in [-0.39, 0.29) is 5.82 Å². The van der Waals surface area contributed by atoms with Gasteiger partial charge in [-0.1, -0.05) is 127 Å². The molecule has 0 amide bonds. The van der Waals surface area contributed by atoms with Crippen LogP contribution in [-0.4, -0.2) is 25.4 Å². The summed E-state index contributed by atoms with van der Waals surface area (Å²) in [5, 5.41) is 6.32. The number of hydrogen-bond acceptors (Lipinski definition) is 2. The van der Waals surface area contributed by atoms with E-state index < -0.39 is 11.7 Å². The van der Waals surface area contributed by atoms with Gasteiger partial charge >= 0.3 is 6.09 Å². The van der Waals surface area contributed by atoms with Gasteiger partial charge in [0.15, 0.2) is 0 Å². The van der Waals surface area contributed by atoms with Crippen LogP contribution in [0, 0.1) is 5.82 Å². The van der Waals surface area contributed by atoms with Crippen LogP contribution < -0.4 is 0 Å². The van der Waals surface area contributed by atoms with Crippen LogP contribution in [-0.2, 0) is 4.74 Å². The number of carbonyl (C=O) groups excluding carboxylic acids is 1. The fourth-order valence-electron chi connectivity index (χ4n) is 9.17. The molecule has 0 aliphatic heterocycles. The Morgan fingerprint density at radius 2 is 0.949 bits per heavy atom. The van der Waals surface area contributed by atoms with Gasteiger partial charge in [-0.2, -0.15) is 0 Å². The second-order valence-electron chi connectivity index (χ2n) is 16.1. The lowest BCUT2D eigenvalue weighted by Crippen LogP contribution is -2.27. The zero-order chi connectivity index (χ0) is 40.0. The van der Waals surface area contributed by atoms with Gasteiger partial charge in [0.2, 0.25) is 0 Å². The van der Waals surface area contributed by atoms with Crippen molar-refractivity contribution in [3.63, 3.8) is 0 Å². The number of carbonyl (C=O) groups is 1. The molecule has 11 aromatic rings. The molecule has 0 aliphatic rings. The molecule has 3 heterocycles. The lowest BCUT2D eigenvalue weighted by Gasteiger charge is -2.21. The highest BCUT2D eigenvalue weighted by Crippen LogP contribution is 2.44. The van der Waals surface area contributed by atoms with Crippen LogP contribution in [0.3, 0.4) is 0 Å². The number of aromatic nitrogens is 3. The van der Waals surface area contributed by atoms with Gasteiger partial charge in [-0.3, -0.25) is 0 Å². The summed E-state index contributed by atoms with van der Waals surface area (Å²) in [4.78, 5) is 14.7. The van der Waals surface area contributed by atoms with Crippen molar-refractivity contribution in [2.45, 2.75) is 26.4 Å². The molecular weight excluding hydrogens is 730 g/mol. The quantitative estimate of drug-likeness (QED) is 0.179. The predicted octanol–water partition coefficient (Wildman–Crippen LogP) is 14.2. The Morgan fingerprint density at radius 3 is 1.59 bits per heavy atom. The van der Waals surface area contributed by atoms with Gasteiger partial charge in [0.05, 0.1) is 38.8 Å². The number of nitrogens with zero attached hydrogens (tertiary/aromatic N) is 3. The van der Waals surface area contributed by atoms with Gasteiger partial charge in [-0.05, 0) is 80.4 Å². The molecule has 0 spiro atoms. The number of para-hydroxylation sites is 5. The average Bonchev–Trinajstić information content (AvgIpc) is 3.89. The molecule has 11 rings (SSSR count). The summed E-state index contributed by atoms with van der Waals surface area (Å²) in [5.74, 6) is -0.278. The summed E-state index contributed by atoms with van der Waals surface area (Å²) < 4.78 is 28.1. The van der Waals surface area contributed by atoms with Crippen LogP contribution in [0.2, 0.25) is 0 Å². The largest absolute Gasteiger partial charge is 0.443 e. The van der Waals surface area contributed by atoms with E-state index in [9.17, 15) is 4.79 Å². The third-order valence-corrected chi connectivity index (χ3v) is 11.5. The Morgan fingerprint density at radius 1 is 0.458 bits per heavy atom. The molecule has 6 heteroatoms. The highest BCUT2D eigenvalue weighted by Gasteiger charge is 2.27. The molecule has 59 heavy (non-hydrogen) atoms. The molecule has 8 aromatic carbocycles. The first kappa shape index (κ1) is 34.8. The van der Waals surface area contributed by atoms with Crippen molar-refractivity contribution in [2.75, 3.05) is 0 Å². The molecule has 0 saturated heterocycles. The summed E-state index contributed by atoms with van der Waals surface area (Å²) >= 11 is 0. The summed E-state index contributed by atoms with van der Waals surface area (Å²) in [6, 6.07) is 59.2. The summed E-state index contributed by atoms with van der Waals surface area (Å²) in [6.45, 7) is 5.69. The summed E-state index contributed by atoms with van der Waals surface area (Å²) in [7, 11) is 0. The first-order valence-electron chi connectivity index (χ1n) is 19.9. The molecule has 0 aliphatic carbocycles. The van der Waals surface area contributed by atoms with Gasteiger partial charge in [0.25, 0.3) is 0 Å². The van der Waals surface area contributed by atoms with Crippen LogP contribution in [0.4, 0.5) is 9.18 Å². The lowest BCUT2D eigenvalue weighted by molar-refractivity contribution is 0.0551. The number of halogens is 1. The van der Waals surface area contributed by atoms with Gasteiger partial charge in [0.1, 0.15) is 11.4 Å². The molecule has 5 nitrogen and oxygen atoms in total. The van der Waals surface area contributed by atoms with Gasteiger partial charge in [0, 0.05) is 49.1 Å². The van der Waals surface area contributed by atoms with Crippen LogP contribution in [0.15, 0.2) is 176 Å². The topological polar surface area (TPSA) is 41.1 Å². The zero-order valence-electron chi connectivity index (χ0n) is 32.8. The molecule has 284 valence electrons. The number of benzene rings is 8. The Hall–Kier alpha value is -7.44. The Labute approximate surface area is 339 Å². The van der Waals surface area contributed by atoms with Crippen LogP contribution in [0.25, 0.3) is 99.0 Å². The second-order valence-corrected chi connectivity index (χ2v) is 16.1. The molecule has 0 atom stereocenters. The Balaban J connectivity index is 1.25. The molecule has 3 aromatic heterocycles. The van der Waals surface area contributed by atoms with E-state index in [1.165, 1.54) is 16.8 Å². The molecule has 0 N–H and O–H groups in total. The predicted molar refractivity (Wildman–Crippen MR) is 241 cm³/mol. The van der Waals surface area contributed by atoms with Crippen molar-refractivity contribution in [3.8, 4) is 33.6 Å². The number of fused-ring (bicyclic) bond motifs is 9. The Kier molecular flexibility index (Phi) is 7.69. The minimum absolute atomic E-state index is 0.278. The van der Waals surface area contributed by atoms with E-state index in [1.54, 1.807) is 10.6 Å². The van der Waals surface area contributed by atoms with Crippen molar-refractivity contribution in [1.82, 2.24) is 13.7 Å². The van der Waals surface area contributed by atoms with E-state index in [1.807, 2.05) is 63.2 Å². The fraction of sp³-hybridized carbons (Fsp3) is 0.0755. The van der Waals surface area contributed by atoms with Crippen molar-refractivity contribution in [2.24, 2.45) is 0 Å². The van der Waals surface area contributed by atoms with Gasteiger partial charge < -0.3 is 13.9 Å². The standard InChI is InChI=1S/C53H38FN3O2/c1-53(2,3)59-52(58)57-48-31-30-33(55-45-26-11-7-19-37(45)38-20-8-12-27-46(38)55)32-43(48)42-24-15-29-49(51(42)57)56-47-28-13-9-21-39(47)41-23-14-22-40(50(41)56)35-17-5-4-16-34(35)36-18-6-10-25-44(36)54/h4-32H,1-3H3. The molecular formula is C53H38FN3O2. The van der Waals surface area contributed by atoms with E-state index in [4.69, 9.17) is 4.74 Å². The van der Waals surface area contributed by atoms with E-state index in [0.29, 0.717) is 5.56 Å². The number of rotatable bonds is 4. The van der Waals surface area contributed by atoms with Gasteiger partial charge in [-0.15, -0.1) is 0 Å². The van der Waals surface area contributed by atoms with Crippen molar-refractivity contribution >= 4 is 71.5 Å². The zero-order valence-corrected chi connectivity index (χ0v) is 32.8.